The summed E-state index contributed by atoms with van der Waals surface area (Å²) >= 11 is 0. The van der Waals surface area contributed by atoms with Crippen molar-refractivity contribution in [1.29, 1.82) is 0 Å². The lowest BCUT2D eigenvalue weighted by Gasteiger charge is -2.34. The number of amides is 1. The van der Waals surface area contributed by atoms with Crippen molar-refractivity contribution in [3.8, 4) is 17.2 Å². The second kappa shape index (κ2) is 8.23. The Kier molecular flexibility index (Phi) is 5.15. The molecule has 1 saturated heterocycles. The van der Waals surface area contributed by atoms with Crippen molar-refractivity contribution >= 4 is 16.8 Å². The van der Waals surface area contributed by atoms with Gasteiger partial charge in [0.25, 0.3) is 5.91 Å². The van der Waals surface area contributed by atoms with Crippen LogP contribution in [-0.2, 0) is 0 Å². The molecule has 0 saturated carbocycles. The van der Waals surface area contributed by atoms with Gasteiger partial charge in [-0.2, -0.15) is 5.10 Å². The molecule has 2 aromatic carbocycles. The van der Waals surface area contributed by atoms with Crippen LogP contribution in [0.5, 0.6) is 17.2 Å². The molecule has 1 aromatic heterocycles. The Labute approximate surface area is 174 Å². The van der Waals surface area contributed by atoms with Gasteiger partial charge in [-0.1, -0.05) is 18.2 Å². The number of ether oxygens (including phenoxy) is 3. The number of carbonyl (C=O) groups excluding carboxylic acids is 1. The Morgan fingerprint density at radius 2 is 1.90 bits per heavy atom. The number of benzene rings is 2. The summed E-state index contributed by atoms with van der Waals surface area (Å²) < 4.78 is 16.5. The van der Waals surface area contributed by atoms with E-state index < -0.39 is 0 Å². The number of hydrogen-bond donors (Lipinski definition) is 1. The molecule has 8 nitrogen and oxygen atoms in total. The number of nitrogens with zero attached hydrogens (tertiary/aromatic N) is 3. The van der Waals surface area contributed by atoms with Crippen molar-refractivity contribution in [3.05, 3.63) is 48.2 Å². The van der Waals surface area contributed by atoms with E-state index in [9.17, 15) is 4.79 Å². The molecule has 0 unspecified atom stereocenters. The maximum atomic E-state index is 12.9. The Bertz CT molecular complexity index is 1040. The van der Waals surface area contributed by atoms with Gasteiger partial charge in [0.15, 0.2) is 17.2 Å². The molecule has 30 heavy (non-hydrogen) atoms. The zero-order valence-corrected chi connectivity index (χ0v) is 16.7. The summed E-state index contributed by atoms with van der Waals surface area (Å²) in [6, 6.07) is 13.4. The maximum absolute atomic E-state index is 12.9. The number of piperazine rings is 1. The van der Waals surface area contributed by atoms with Crippen LogP contribution in [0.25, 0.3) is 10.9 Å². The summed E-state index contributed by atoms with van der Waals surface area (Å²) in [5, 5.41) is 8.06. The lowest BCUT2D eigenvalue weighted by molar-refractivity contribution is 0.0627. The molecule has 2 aliphatic heterocycles. The van der Waals surface area contributed by atoms with Crippen molar-refractivity contribution in [2.75, 3.05) is 46.1 Å². The SMILES string of the molecule is O=C(c1n[nH]c2ccccc12)N1CCN(CCCOc2ccc3c(c2)OCO3)CC1. The summed E-state index contributed by atoms with van der Waals surface area (Å²) in [6.45, 7) is 4.99. The fourth-order valence-electron chi connectivity index (χ4n) is 3.90. The highest BCUT2D eigenvalue weighted by molar-refractivity contribution is 6.04. The minimum atomic E-state index is -0.00163. The second-order valence-corrected chi connectivity index (χ2v) is 7.47. The number of hydrogen-bond acceptors (Lipinski definition) is 6. The van der Waals surface area contributed by atoms with Crippen LogP contribution in [0.15, 0.2) is 42.5 Å². The molecular weight excluding hydrogens is 384 g/mol. The van der Waals surface area contributed by atoms with Crippen LogP contribution < -0.4 is 14.2 Å². The molecule has 3 heterocycles. The lowest BCUT2D eigenvalue weighted by Crippen LogP contribution is -2.49. The topological polar surface area (TPSA) is 79.9 Å². The molecule has 1 N–H and O–H groups in total. The summed E-state index contributed by atoms with van der Waals surface area (Å²) in [7, 11) is 0. The van der Waals surface area contributed by atoms with Gasteiger partial charge < -0.3 is 19.1 Å². The summed E-state index contributed by atoms with van der Waals surface area (Å²) in [6.07, 6.45) is 0.923. The van der Waals surface area contributed by atoms with Crippen molar-refractivity contribution < 1.29 is 19.0 Å². The third-order valence-electron chi connectivity index (χ3n) is 5.56. The number of nitrogens with one attached hydrogen (secondary N) is 1. The molecule has 2 aliphatic rings. The monoisotopic (exact) mass is 408 g/mol. The van der Waals surface area contributed by atoms with E-state index in [-0.39, 0.29) is 12.7 Å². The van der Waals surface area contributed by atoms with Crippen molar-refractivity contribution in [2.24, 2.45) is 0 Å². The zero-order chi connectivity index (χ0) is 20.3. The third kappa shape index (κ3) is 3.78. The van der Waals surface area contributed by atoms with Crippen LogP contribution in [0, 0.1) is 0 Å². The highest BCUT2D eigenvalue weighted by Crippen LogP contribution is 2.35. The molecule has 0 atom stereocenters. The predicted molar refractivity (Wildman–Crippen MR) is 111 cm³/mol. The van der Waals surface area contributed by atoms with Gasteiger partial charge in [-0.3, -0.25) is 14.8 Å². The first-order valence-electron chi connectivity index (χ1n) is 10.2. The van der Waals surface area contributed by atoms with Crippen LogP contribution in [0.1, 0.15) is 16.9 Å². The van der Waals surface area contributed by atoms with Crippen LogP contribution in [0.2, 0.25) is 0 Å². The average Bonchev–Trinajstić information content (AvgIpc) is 3.43. The highest BCUT2D eigenvalue weighted by Gasteiger charge is 2.25. The van der Waals surface area contributed by atoms with Crippen LogP contribution in [0.4, 0.5) is 0 Å². The fourth-order valence-corrected chi connectivity index (χ4v) is 3.90. The molecule has 0 bridgehead atoms. The molecule has 1 amide bonds. The van der Waals surface area contributed by atoms with E-state index in [1.165, 1.54) is 0 Å². The van der Waals surface area contributed by atoms with E-state index in [0.29, 0.717) is 25.4 Å². The summed E-state index contributed by atoms with van der Waals surface area (Å²) in [4.78, 5) is 17.1. The Morgan fingerprint density at radius 1 is 1.07 bits per heavy atom. The standard InChI is InChI=1S/C22H24N4O4/c27-22(21-17-4-1-2-5-18(17)23-24-21)26-11-9-25(10-12-26)8-3-13-28-16-6-7-19-20(14-16)30-15-29-19/h1-2,4-7,14H,3,8-13,15H2,(H,23,24). The molecule has 0 spiro atoms. The Balaban J connectivity index is 1.07. The predicted octanol–water partition coefficient (Wildman–Crippen LogP) is 2.52. The molecule has 5 rings (SSSR count). The summed E-state index contributed by atoms with van der Waals surface area (Å²) in [5.74, 6) is 2.29. The van der Waals surface area contributed by atoms with Gasteiger partial charge >= 0.3 is 0 Å². The van der Waals surface area contributed by atoms with Crippen LogP contribution in [-0.4, -0.2) is 72.0 Å². The number of aromatic nitrogens is 2. The molecular formula is C22H24N4O4. The summed E-state index contributed by atoms with van der Waals surface area (Å²) in [5.41, 5.74) is 1.40. The first-order chi connectivity index (χ1) is 14.8. The van der Waals surface area contributed by atoms with Crippen molar-refractivity contribution in [2.45, 2.75) is 6.42 Å². The van der Waals surface area contributed by atoms with Gasteiger partial charge in [-0.15, -0.1) is 0 Å². The number of H-pyrrole nitrogens is 1. The number of fused-ring (bicyclic) bond motifs is 2. The number of aromatic amines is 1. The molecule has 8 heteroatoms. The van der Waals surface area contributed by atoms with Crippen molar-refractivity contribution in [1.82, 2.24) is 20.0 Å². The first kappa shape index (κ1) is 18.7. The van der Waals surface area contributed by atoms with E-state index in [1.54, 1.807) is 0 Å². The number of rotatable bonds is 6. The normalized spacial score (nSPS) is 16.2. The molecule has 1 fully saturated rings. The van der Waals surface area contributed by atoms with Gasteiger partial charge in [0.2, 0.25) is 6.79 Å². The van der Waals surface area contributed by atoms with Gasteiger partial charge in [0.1, 0.15) is 5.75 Å². The Hall–Kier alpha value is -3.26. The molecule has 0 radical (unpaired) electrons. The van der Waals surface area contributed by atoms with Crippen LogP contribution >= 0.6 is 0 Å². The zero-order valence-electron chi connectivity index (χ0n) is 16.7. The van der Waals surface area contributed by atoms with E-state index in [4.69, 9.17) is 14.2 Å². The second-order valence-electron chi connectivity index (χ2n) is 7.47. The average molecular weight is 408 g/mol. The number of para-hydroxylation sites is 1. The lowest BCUT2D eigenvalue weighted by atomic mass is 10.2. The van der Waals surface area contributed by atoms with Gasteiger partial charge in [0, 0.05) is 44.2 Å². The molecule has 3 aromatic rings. The van der Waals surface area contributed by atoms with E-state index >= 15 is 0 Å². The van der Waals surface area contributed by atoms with Gasteiger partial charge in [-0.05, 0) is 24.6 Å². The van der Waals surface area contributed by atoms with Gasteiger partial charge in [-0.25, -0.2) is 0 Å². The molecule has 0 aliphatic carbocycles. The number of carbonyl (C=O) groups is 1. The quantitative estimate of drug-likeness (QED) is 0.632. The largest absolute Gasteiger partial charge is 0.493 e. The fraction of sp³-hybridized carbons (Fsp3) is 0.364. The highest BCUT2D eigenvalue weighted by atomic mass is 16.7. The third-order valence-corrected chi connectivity index (χ3v) is 5.56. The van der Waals surface area contributed by atoms with Gasteiger partial charge in [0.05, 0.1) is 12.1 Å². The maximum Gasteiger partial charge on any atom is 0.275 e. The van der Waals surface area contributed by atoms with E-state index in [1.807, 2.05) is 47.4 Å². The van der Waals surface area contributed by atoms with E-state index in [2.05, 4.69) is 15.1 Å². The Morgan fingerprint density at radius 3 is 2.80 bits per heavy atom. The minimum Gasteiger partial charge on any atom is -0.493 e. The van der Waals surface area contributed by atoms with Crippen molar-refractivity contribution in [3.63, 3.8) is 0 Å². The van der Waals surface area contributed by atoms with Crippen LogP contribution in [0.3, 0.4) is 0 Å². The molecule has 156 valence electrons. The smallest absolute Gasteiger partial charge is 0.275 e. The minimum absolute atomic E-state index is 0.00163. The van der Waals surface area contributed by atoms with E-state index in [0.717, 1.165) is 54.2 Å². The first-order valence-corrected chi connectivity index (χ1v) is 10.2.